The summed E-state index contributed by atoms with van der Waals surface area (Å²) in [5.41, 5.74) is 0.680. The lowest BCUT2D eigenvalue weighted by Crippen LogP contribution is -2.17. The molecule has 0 amide bonds. The molecule has 1 heterocycles. The molecule has 1 aliphatic rings. The van der Waals surface area contributed by atoms with Crippen molar-refractivity contribution in [1.29, 1.82) is 0 Å². The molecule has 0 radical (unpaired) electrons. The largest absolute Gasteiger partial charge is 0.487 e. The van der Waals surface area contributed by atoms with Crippen molar-refractivity contribution in [3.05, 3.63) is 29.6 Å². The minimum atomic E-state index is -0.365. The van der Waals surface area contributed by atoms with Gasteiger partial charge in [0.05, 0.1) is 12.0 Å². The van der Waals surface area contributed by atoms with Crippen LogP contribution in [0.25, 0.3) is 0 Å². The Balaban J connectivity index is 2.01. The third-order valence-corrected chi connectivity index (χ3v) is 2.92. The van der Waals surface area contributed by atoms with Crippen molar-refractivity contribution in [2.24, 2.45) is 0 Å². The molecular weight excluding hydrogens is 231 g/mol. The van der Waals surface area contributed by atoms with E-state index in [0.717, 1.165) is 19.4 Å². The lowest BCUT2D eigenvalue weighted by molar-refractivity contribution is 0.0663. The van der Waals surface area contributed by atoms with Crippen LogP contribution >= 0.6 is 11.6 Å². The van der Waals surface area contributed by atoms with Gasteiger partial charge in [-0.15, -0.1) is 11.6 Å². The number of para-hydroxylation sites is 1. The standard InChI is InChI=1S/C12H14ClFO2/c13-7-9-3-1-5-11(14)12(9)16-8-10-4-2-6-15-10/h1,3,5,10H,2,4,6-8H2. The third kappa shape index (κ3) is 2.66. The molecule has 2 nitrogen and oxygen atoms in total. The van der Waals surface area contributed by atoms with Gasteiger partial charge in [-0.25, -0.2) is 4.39 Å². The highest BCUT2D eigenvalue weighted by atomic mass is 35.5. The number of hydrogen-bond acceptors (Lipinski definition) is 2. The van der Waals surface area contributed by atoms with Crippen LogP contribution in [0.2, 0.25) is 0 Å². The maximum Gasteiger partial charge on any atom is 0.165 e. The quantitative estimate of drug-likeness (QED) is 0.758. The van der Waals surface area contributed by atoms with E-state index >= 15 is 0 Å². The Morgan fingerprint density at radius 3 is 3.06 bits per heavy atom. The minimum absolute atomic E-state index is 0.0859. The summed E-state index contributed by atoms with van der Waals surface area (Å²) >= 11 is 5.72. The van der Waals surface area contributed by atoms with Gasteiger partial charge in [-0.1, -0.05) is 12.1 Å². The van der Waals surface area contributed by atoms with E-state index in [1.165, 1.54) is 6.07 Å². The van der Waals surface area contributed by atoms with E-state index in [0.29, 0.717) is 12.2 Å². The van der Waals surface area contributed by atoms with Crippen LogP contribution in [0.4, 0.5) is 4.39 Å². The predicted octanol–water partition coefficient (Wildman–Crippen LogP) is 3.12. The summed E-state index contributed by atoms with van der Waals surface area (Å²) in [4.78, 5) is 0. The predicted molar refractivity (Wildman–Crippen MR) is 60.4 cm³/mol. The molecule has 1 aromatic carbocycles. The van der Waals surface area contributed by atoms with E-state index in [1.807, 2.05) is 0 Å². The number of rotatable bonds is 4. The average molecular weight is 245 g/mol. The van der Waals surface area contributed by atoms with Crippen molar-refractivity contribution < 1.29 is 13.9 Å². The smallest absolute Gasteiger partial charge is 0.165 e. The van der Waals surface area contributed by atoms with E-state index in [1.54, 1.807) is 12.1 Å². The van der Waals surface area contributed by atoms with Gasteiger partial charge in [-0.2, -0.15) is 0 Å². The molecule has 0 aromatic heterocycles. The molecule has 0 aliphatic carbocycles. The van der Waals surface area contributed by atoms with Gasteiger partial charge >= 0.3 is 0 Å². The van der Waals surface area contributed by atoms with Crippen LogP contribution in [-0.2, 0) is 10.6 Å². The second-order valence-corrected chi connectivity index (χ2v) is 4.08. The number of halogens is 2. The molecule has 0 saturated carbocycles. The Morgan fingerprint density at radius 2 is 2.38 bits per heavy atom. The summed E-state index contributed by atoms with van der Waals surface area (Å²) in [6.45, 7) is 1.17. The van der Waals surface area contributed by atoms with Crippen molar-refractivity contribution in [3.63, 3.8) is 0 Å². The maximum absolute atomic E-state index is 13.5. The summed E-state index contributed by atoms with van der Waals surface area (Å²) in [6, 6.07) is 4.77. The van der Waals surface area contributed by atoms with Gasteiger partial charge in [0.1, 0.15) is 6.61 Å². The number of hydrogen-bond donors (Lipinski definition) is 0. The molecule has 1 unspecified atom stereocenters. The van der Waals surface area contributed by atoms with Crippen LogP contribution in [0.3, 0.4) is 0 Å². The lowest BCUT2D eigenvalue weighted by Gasteiger charge is -2.14. The van der Waals surface area contributed by atoms with Gasteiger partial charge in [0.2, 0.25) is 0 Å². The highest BCUT2D eigenvalue weighted by molar-refractivity contribution is 6.17. The Labute approximate surface area is 99.3 Å². The second-order valence-electron chi connectivity index (χ2n) is 3.81. The Kier molecular flexibility index (Phi) is 4.02. The van der Waals surface area contributed by atoms with Crippen molar-refractivity contribution in [2.45, 2.75) is 24.8 Å². The zero-order valence-electron chi connectivity index (χ0n) is 8.92. The zero-order valence-corrected chi connectivity index (χ0v) is 9.67. The van der Waals surface area contributed by atoms with E-state index in [9.17, 15) is 4.39 Å². The van der Waals surface area contributed by atoms with Crippen LogP contribution < -0.4 is 4.74 Å². The molecule has 16 heavy (non-hydrogen) atoms. The fourth-order valence-corrected chi connectivity index (χ4v) is 1.98. The molecule has 1 saturated heterocycles. The van der Waals surface area contributed by atoms with Gasteiger partial charge in [-0.3, -0.25) is 0 Å². The summed E-state index contributed by atoms with van der Waals surface area (Å²) < 4.78 is 24.4. The Morgan fingerprint density at radius 1 is 1.50 bits per heavy atom. The number of ether oxygens (including phenoxy) is 2. The number of alkyl halides is 1. The Bertz CT molecular complexity index is 351. The van der Waals surface area contributed by atoms with Gasteiger partial charge < -0.3 is 9.47 Å². The fraction of sp³-hybridized carbons (Fsp3) is 0.500. The first-order valence-electron chi connectivity index (χ1n) is 5.39. The van der Waals surface area contributed by atoms with Crippen LogP contribution in [0.5, 0.6) is 5.75 Å². The van der Waals surface area contributed by atoms with Crippen LogP contribution in [0.15, 0.2) is 18.2 Å². The summed E-state index contributed by atoms with van der Waals surface area (Å²) in [5, 5.41) is 0. The first kappa shape index (κ1) is 11.7. The van der Waals surface area contributed by atoms with E-state index in [4.69, 9.17) is 21.1 Å². The molecule has 0 spiro atoms. The van der Waals surface area contributed by atoms with Crippen LogP contribution in [-0.4, -0.2) is 19.3 Å². The molecule has 1 fully saturated rings. The molecule has 2 rings (SSSR count). The summed E-state index contributed by atoms with van der Waals surface area (Å²) in [6.07, 6.45) is 2.11. The lowest BCUT2D eigenvalue weighted by atomic mass is 10.2. The minimum Gasteiger partial charge on any atom is -0.487 e. The molecule has 4 heteroatoms. The van der Waals surface area contributed by atoms with Gasteiger partial charge in [0.25, 0.3) is 0 Å². The zero-order chi connectivity index (χ0) is 11.4. The highest BCUT2D eigenvalue weighted by Crippen LogP contribution is 2.25. The van der Waals surface area contributed by atoms with Crippen molar-refractivity contribution in [2.75, 3.05) is 13.2 Å². The fourth-order valence-electron chi connectivity index (χ4n) is 1.77. The van der Waals surface area contributed by atoms with Crippen LogP contribution in [0, 0.1) is 5.82 Å². The molecule has 0 N–H and O–H groups in total. The second kappa shape index (κ2) is 5.51. The molecule has 88 valence electrons. The molecule has 1 aliphatic heterocycles. The first-order valence-corrected chi connectivity index (χ1v) is 5.92. The van der Waals surface area contributed by atoms with Gasteiger partial charge in [0, 0.05) is 12.2 Å². The first-order chi connectivity index (χ1) is 7.81. The van der Waals surface area contributed by atoms with E-state index in [2.05, 4.69) is 0 Å². The molecule has 1 aromatic rings. The monoisotopic (exact) mass is 244 g/mol. The highest BCUT2D eigenvalue weighted by Gasteiger charge is 2.18. The summed E-state index contributed by atoms with van der Waals surface area (Å²) in [5.74, 6) is 0.141. The van der Waals surface area contributed by atoms with E-state index in [-0.39, 0.29) is 23.6 Å². The summed E-state index contributed by atoms with van der Waals surface area (Å²) in [7, 11) is 0. The maximum atomic E-state index is 13.5. The van der Waals surface area contributed by atoms with Crippen molar-refractivity contribution in [1.82, 2.24) is 0 Å². The molecular formula is C12H14ClFO2. The normalized spacial score (nSPS) is 20.0. The van der Waals surface area contributed by atoms with Crippen molar-refractivity contribution >= 4 is 11.6 Å². The van der Waals surface area contributed by atoms with Gasteiger partial charge in [-0.05, 0) is 18.9 Å². The van der Waals surface area contributed by atoms with Gasteiger partial charge in [0.15, 0.2) is 11.6 Å². The molecule has 1 atom stereocenters. The van der Waals surface area contributed by atoms with E-state index < -0.39 is 0 Å². The number of benzene rings is 1. The van der Waals surface area contributed by atoms with Crippen LogP contribution in [0.1, 0.15) is 18.4 Å². The topological polar surface area (TPSA) is 18.5 Å². The average Bonchev–Trinajstić information content (AvgIpc) is 2.80. The Hall–Kier alpha value is -0.800. The molecule has 0 bridgehead atoms. The SMILES string of the molecule is Fc1cccc(CCl)c1OCC1CCCO1. The third-order valence-electron chi connectivity index (χ3n) is 2.63. The van der Waals surface area contributed by atoms with Crippen molar-refractivity contribution in [3.8, 4) is 5.75 Å².